The van der Waals surface area contributed by atoms with Crippen LogP contribution in [-0.4, -0.2) is 41.2 Å². The fraction of sp³-hybridized carbons (Fsp3) is 0.407. The summed E-state index contributed by atoms with van der Waals surface area (Å²) in [4.78, 5) is 52.2. The number of carbonyl (C=O) groups excluding carboxylic acids is 2. The maximum atomic E-state index is 14.0. The molecular weight excluding hydrogens is 495 g/mol. The molecule has 0 bridgehead atoms. The maximum absolute atomic E-state index is 14.0. The van der Waals surface area contributed by atoms with Crippen LogP contribution in [-0.2, 0) is 22.7 Å². The smallest absolute Gasteiger partial charge is 0.331 e. The Balaban J connectivity index is 1.70. The molecule has 0 atom stereocenters. The van der Waals surface area contributed by atoms with Crippen LogP contribution in [0.25, 0.3) is 10.9 Å². The van der Waals surface area contributed by atoms with Gasteiger partial charge < -0.3 is 20.1 Å². The third-order valence-electron chi connectivity index (χ3n) is 6.77. The van der Waals surface area contributed by atoms with E-state index in [0.717, 1.165) is 34.8 Å². The highest BCUT2D eigenvalue weighted by Crippen LogP contribution is 2.30. The molecule has 0 unspecified atom stereocenters. The van der Waals surface area contributed by atoms with Crippen molar-refractivity contribution in [2.24, 2.45) is 0 Å². The fourth-order valence-corrected chi connectivity index (χ4v) is 4.69. The van der Waals surface area contributed by atoms with E-state index < -0.39 is 29.5 Å². The van der Waals surface area contributed by atoms with Gasteiger partial charge in [-0.05, 0) is 43.5 Å². The van der Waals surface area contributed by atoms with E-state index in [4.69, 9.17) is 9.47 Å². The van der Waals surface area contributed by atoms with Gasteiger partial charge in [-0.3, -0.25) is 23.5 Å². The number of amides is 2. The molecule has 1 aliphatic carbocycles. The first-order valence-electron chi connectivity index (χ1n) is 12.5. The Bertz CT molecular complexity index is 1490. The standard InChI is InChI=1S/C27H31FN4O6/c1-16-8-9-18(12-20(16)28)30-25(34)15-32-21-14-23(38-3)22(37-2)13-19(21)26(35)31(27(32)36)11-10-24(33)29-17-6-4-5-7-17/h8-9,12-14,17H,4-7,10-11,15H2,1-3H3,(H,29,33)(H,30,34). The zero-order chi connectivity index (χ0) is 27.4. The molecule has 11 heteroatoms. The van der Waals surface area contributed by atoms with Crippen LogP contribution in [0, 0.1) is 12.7 Å². The minimum atomic E-state index is -0.756. The predicted octanol–water partition coefficient (Wildman–Crippen LogP) is 2.72. The van der Waals surface area contributed by atoms with Gasteiger partial charge in [0.1, 0.15) is 12.4 Å². The Morgan fingerprint density at radius 2 is 1.68 bits per heavy atom. The number of nitrogens with one attached hydrogen (secondary N) is 2. The van der Waals surface area contributed by atoms with Gasteiger partial charge in [0.2, 0.25) is 11.8 Å². The Morgan fingerprint density at radius 3 is 2.34 bits per heavy atom. The average Bonchev–Trinajstić information content (AvgIpc) is 3.40. The molecule has 1 heterocycles. The monoisotopic (exact) mass is 526 g/mol. The highest BCUT2D eigenvalue weighted by atomic mass is 19.1. The molecule has 1 fully saturated rings. The van der Waals surface area contributed by atoms with Crippen LogP contribution in [0.3, 0.4) is 0 Å². The molecule has 0 aliphatic heterocycles. The molecule has 4 rings (SSSR count). The molecule has 0 spiro atoms. The van der Waals surface area contributed by atoms with E-state index in [1.54, 1.807) is 13.0 Å². The Hall–Kier alpha value is -4.15. The van der Waals surface area contributed by atoms with Crippen molar-refractivity contribution in [2.45, 2.75) is 58.2 Å². The van der Waals surface area contributed by atoms with Crippen molar-refractivity contribution < 1.29 is 23.5 Å². The summed E-state index contributed by atoms with van der Waals surface area (Å²) in [7, 11) is 2.83. The lowest BCUT2D eigenvalue weighted by Crippen LogP contribution is -2.43. The molecule has 1 saturated carbocycles. The second-order valence-corrected chi connectivity index (χ2v) is 9.36. The number of aryl methyl sites for hydroxylation is 1. The second-order valence-electron chi connectivity index (χ2n) is 9.36. The van der Waals surface area contributed by atoms with Crippen LogP contribution < -0.4 is 31.4 Å². The fourth-order valence-electron chi connectivity index (χ4n) is 4.69. The molecule has 38 heavy (non-hydrogen) atoms. The van der Waals surface area contributed by atoms with Crippen molar-refractivity contribution in [1.29, 1.82) is 0 Å². The van der Waals surface area contributed by atoms with Gasteiger partial charge in [0.15, 0.2) is 11.5 Å². The highest BCUT2D eigenvalue weighted by molar-refractivity contribution is 5.92. The summed E-state index contributed by atoms with van der Waals surface area (Å²) in [6.07, 6.45) is 3.87. The SMILES string of the molecule is COc1cc2c(=O)n(CCC(=O)NC3CCCC3)c(=O)n(CC(=O)Nc3ccc(C)c(F)c3)c2cc1OC. The normalized spacial score (nSPS) is 13.5. The number of halogens is 1. The van der Waals surface area contributed by atoms with E-state index in [0.29, 0.717) is 5.56 Å². The Kier molecular flexibility index (Phi) is 8.13. The van der Waals surface area contributed by atoms with E-state index in [1.807, 2.05) is 0 Å². The van der Waals surface area contributed by atoms with Crippen LogP contribution in [0.4, 0.5) is 10.1 Å². The minimum absolute atomic E-state index is 0.0702. The van der Waals surface area contributed by atoms with Crippen LogP contribution in [0.15, 0.2) is 39.9 Å². The second kappa shape index (κ2) is 11.5. The summed E-state index contributed by atoms with van der Waals surface area (Å²) in [6.45, 7) is 0.978. The lowest BCUT2D eigenvalue weighted by atomic mass is 10.2. The number of carbonyl (C=O) groups is 2. The zero-order valence-electron chi connectivity index (χ0n) is 21.6. The van der Waals surface area contributed by atoms with E-state index in [9.17, 15) is 23.6 Å². The number of hydrogen-bond acceptors (Lipinski definition) is 6. The third-order valence-corrected chi connectivity index (χ3v) is 6.77. The number of nitrogens with zero attached hydrogens (tertiary/aromatic N) is 2. The molecule has 2 aromatic carbocycles. The summed E-state index contributed by atoms with van der Waals surface area (Å²) < 4.78 is 26.7. The van der Waals surface area contributed by atoms with E-state index in [1.165, 1.54) is 38.5 Å². The van der Waals surface area contributed by atoms with Crippen LogP contribution >= 0.6 is 0 Å². The third kappa shape index (κ3) is 5.71. The molecule has 3 aromatic rings. The molecule has 10 nitrogen and oxygen atoms in total. The summed E-state index contributed by atoms with van der Waals surface area (Å²) in [5, 5.41) is 5.64. The number of aromatic nitrogens is 2. The topological polar surface area (TPSA) is 121 Å². The molecule has 0 radical (unpaired) electrons. The minimum Gasteiger partial charge on any atom is -0.493 e. The number of ether oxygens (including phenoxy) is 2. The quantitative estimate of drug-likeness (QED) is 0.442. The van der Waals surface area contributed by atoms with Gasteiger partial charge in [0, 0.05) is 30.8 Å². The number of benzene rings is 2. The van der Waals surface area contributed by atoms with E-state index in [2.05, 4.69) is 10.6 Å². The van der Waals surface area contributed by atoms with Crippen molar-refractivity contribution in [2.75, 3.05) is 19.5 Å². The van der Waals surface area contributed by atoms with Crippen LogP contribution in [0.1, 0.15) is 37.7 Å². The predicted molar refractivity (Wildman–Crippen MR) is 140 cm³/mol. The number of hydrogen-bond donors (Lipinski definition) is 2. The molecule has 0 saturated heterocycles. The number of anilines is 1. The van der Waals surface area contributed by atoms with Crippen molar-refractivity contribution in [3.63, 3.8) is 0 Å². The van der Waals surface area contributed by atoms with Gasteiger partial charge in [-0.2, -0.15) is 0 Å². The maximum Gasteiger partial charge on any atom is 0.331 e. The number of rotatable bonds is 9. The van der Waals surface area contributed by atoms with Gasteiger partial charge in [0.05, 0.1) is 25.1 Å². The molecule has 1 aliphatic rings. The zero-order valence-corrected chi connectivity index (χ0v) is 21.6. The van der Waals surface area contributed by atoms with E-state index in [-0.39, 0.29) is 53.0 Å². The van der Waals surface area contributed by atoms with Crippen LogP contribution in [0.2, 0.25) is 0 Å². The van der Waals surface area contributed by atoms with Gasteiger partial charge in [-0.15, -0.1) is 0 Å². The van der Waals surface area contributed by atoms with Gasteiger partial charge in [-0.25, -0.2) is 9.18 Å². The average molecular weight is 527 g/mol. The first kappa shape index (κ1) is 26.9. The van der Waals surface area contributed by atoms with Crippen molar-refractivity contribution in [3.8, 4) is 11.5 Å². The lowest BCUT2D eigenvalue weighted by molar-refractivity contribution is -0.122. The first-order valence-corrected chi connectivity index (χ1v) is 12.5. The largest absolute Gasteiger partial charge is 0.493 e. The van der Waals surface area contributed by atoms with Gasteiger partial charge in [0.25, 0.3) is 5.56 Å². The molecule has 1 aromatic heterocycles. The molecule has 2 amide bonds. The summed E-state index contributed by atoms with van der Waals surface area (Å²) in [6, 6.07) is 7.27. The Labute approximate surface area is 218 Å². The van der Waals surface area contributed by atoms with Gasteiger partial charge >= 0.3 is 5.69 Å². The highest BCUT2D eigenvalue weighted by Gasteiger charge is 2.21. The molecule has 202 valence electrons. The number of fused-ring (bicyclic) bond motifs is 1. The number of methoxy groups -OCH3 is 2. The lowest BCUT2D eigenvalue weighted by Gasteiger charge is -2.17. The summed E-state index contributed by atoms with van der Waals surface area (Å²) in [5.74, 6) is -0.793. The summed E-state index contributed by atoms with van der Waals surface area (Å²) in [5.41, 5.74) is -0.554. The Morgan fingerprint density at radius 1 is 1.00 bits per heavy atom. The van der Waals surface area contributed by atoms with Gasteiger partial charge in [-0.1, -0.05) is 18.9 Å². The molecular formula is C27H31FN4O6. The van der Waals surface area contributed by atoms with Crippen molar-refractivity contribution >= 4 is 28.4 Å². The van der Waals surface area contributed by atoms with Crippen molar-refractivity contribution in [3.05, 3.63) is 62.6 Å². The van der Waals surface area contributed by atoms with Crippen molar-refractivity contribution in [1.82, 2.24) is 14.5 Å². The first-order chi connectivity index (χ1) is 18.2. The molecule has 2 N–H and O–H groups in total. The summed E-state index contributed by atoms with van der Waals surface area (Å²) >= 11 is 0. The van der Waals surface area contributed by atoms with Crippen LogP contribution in [0.5, 0.6) is 11.5 Å². The van der Waals surface area contributed by atoms with E-state index >= 15 is 0 Å².